The largest absolute Gasteiger partial charge is 0.309 e. The summed E-state index contributed by atoms with van der Waals surface area (Å²) in [7, 11) is 0. The molecule has 88 valence electrons. The number of hydrogen-bond donors (Lipinski definition) is 1. The topological polar surface area (TPSA) is 24.9 Å². The smallest absolute Gasteiger partial charge is 0.141 e. The molecule has 2 atom stereocenters. The predicted octanol–water partition coefficient (Wildman–Crippen LogP) is 2.92. The number of nitrogens with zero attached hydrogens (tertiary/aromatic N) is 1. The minimum Gasteiger partial charge on any atom is -0.309 e. The molecule has 1 saturated carbocycles. The van der Waals surface area contributed by atoms with E-state index in [1.807, 2.05) is 0 Å². The van der Waals surface area contributed by atoms with E-state index in [4.69, 9.17) is 0 Å². The second kappa shape index (κ2) is 4.91. The van der Waals surface area contributed by atoms with Gasteiger partial charge in [0.1, 0.15) is 5.82 Å². The summed E-state index contributed by atoms with van der Waals surface area (Å²) in [5, 5.41) is 3.45. The number of halogens is 1. The van der Waals surface area contributed by atoms with Gasteiger partial charge in [0.05, 0.1) is 11.9 Å². The molecule has 2 rings (SSSR count). The average Bonchev–Trinajstić information content (AvgIpc) is 3.10. The van der Waals surface area contributed by atoms with Crippen molar-refractivity contribution in [2.45, 2.75) is 32.7 Å². The molecule has 3 heteroatoms. The van der Waals surface area contributed by atoms with Gasteiger partial charge in [0.25, 0.3) is 0 Å². The highest BCUT2D eigenvalue weighted by Gasteiger charge is 2.27. The first-order valence-corrected chi connectivity index (χ1v) is 6.01. The van der Waals surface area contributed by atoms with Crippen LogP contribution in [0.25, 0.3) is 0 Å². The van der Waals surface area contributed by atoms with Gasteiger partial charge in [0.15, 0.2) is 0 Å². The summed E-state index contributed by atoms with van der Waals surface area (Å²) in [4.78, 5) is 4.08. The van der Waals surface area contributed by atoms with Gasteiger partial charge in [-0.15, -0.1) is 0 Å². The minimum atomic E-state index is -0.276. The Morgan fingerprint density at radius 3 is 2.75 bits per heavy atom. The summed E-state index contributed by atoms with van der Waals surface area (Å²) in [6.07, 6.45) is 4.04. The molecule has 1 fully saturated rings. The molecule has 2 unspecified atom stereocenters. The number of nitrogens with one attached hydrogen (secondary N) is 1. The Hall–Kier alpha value is -0.960. The Morgan fingerprint density at radius 2 is 2.19 bits per heavy atom. The van der Waals surface area contributed by atoms with E-state index in [0.29, 0.717) is 0 Å². The lowest BCUT2D eigenvalue weighted by Crippen LogP contribution is -2.25. The zero-order valence-corrected chi connectivity index (χ0v) is 9.91. The third kappa shape index (κ3) is 3.01. The van der Waals surface area contributed by atoms with Crippen LogP contribution in [0.3, 0.4) is 0 Å². The molecule has 0 amide bonds. The second-order valence-electron chi connectivity index (χ2n) is 4.85. The predicted molar refractivity (Wildman–Crippen MR) is 62.5 cm³/mol. The Bertz CT molecular complexity index is 332. The number of aromatic nitrogens is 1. The molecule has 0 saturated heterocycles. The van der Waals surface area contributed by atoms with Gasteiger partial charge in [-0.05, 0) is 50.3 Å². The maximum Gasteiger partial charge on any atom is 0.141 e. The summed E-state index contributed by atoms with van der Waals surface area (Å²) < 4.78 is 12.7. The molecule has 0 spiro atoms. The maximum atomic E-state index is 12.7. The Kier molecular flexibility index (Phi) is 3.54. The van der Waals surface area contributed by atoms with E-state index in [2.05, 4.69) is 24.1 Å². The molecule has 1 aromatic rings. The van der Waals surface area contributed by atoms with E-state index in [0.717, 1.165) is 24.1 Å². The fourth-order valence-electron chi connectivity index (χ4n) is 1.94. The molecule has 0 aliphatic heterocycles. The molecule has 1 heterocycles. The van der Waals surface area contributed by atoms with Crippen molar-refractivity contribution in [3.05, 3.63) is 29.8 Å². The fourth-order valence-corrected chi connectivity index (χ4v) is 1.94. The molecule has 1 aliphatic carbocycles. The van der Waals surface area contributed by atoms with Gasteiger partial charge >= 0.3 is 0 Å². The highest BCUT2D eigenvalue weighted by atomic mass is 19.1. The fraction of sp³-hybridized carbons (Fsp3) is 0.615. The number of pyridine rings is 1. The van der Waals surface area contributed by atoms with Crippen LogP contribution in [0.1, 0.15) is 38.4 Å². The van der Waals surface area contributed by atoms with Gasteiger partial charge in [-0.3, -0.25) is 4.98 Å². The zero-order chi connectivity index (χ0) is 11.5. The molecule has 0 aromatic carbocycles. The van der Waals surface area contributed by atoms with Crippen LogP contribution in [-0.2, 0) is 0 Å². The molecule has 1 aliphatic rings. The van der Waals surface area contributed by atoms with E-state index in [1.165, 1.54) is 25.1 Å². The summed E-state index contributed by atoms with van der Waals surface area (Å²) >= 11 is 0. The second-order valence-corrected chi connectivity index (χ2v) is 4.85. The van der Waals surface area contributed by atoms with Crippen molar-refractivity contribution in [2.75, 3.05) is 6.54 Å². The first-order valence-electron chi connectivity index (χ1n) is 6.01. The average molecular weight is 222 g/mol. The lowest BCUT2D eigenvalue weighted by molar-refractivity contribution is 0.428. The molecule has 0 radical (unpaired) electrons. The zero-order valence-electron chi connectivity index (χ0n) is 9.91. The van der Waals surface area contributed by atoms with Crippen molar-refractivity contribution in [3.63, 3.8) is 0 Å². The van der Waals surface area contributed by atoms with Gasteiger partial charge in [-0.25, -0.2) is 4.39 Å². The molecular weight excluding hydrogens is 203 g/mol. The highest BCUT2D eigenvalue weighted by molar-refractivity contribution is 5.08. The Morgan fingerprint density at radius 1 is 1.44 bits per heavy atom. The summed E-state index contributed by atoms with van der Waals surface area (Å²) in [5.74, 6) is 1.38. The molecule has 1 N–H and O–H groups in total. The first kappa shape index (κ1) is 11.5. The summed E-state index contributed by atoms with van der Waals surface area (Å²) in [5.41, 5.74) is 0.907. The Balaban J connectivity index is 1.82. The quantitative estimate of drug-likeness (QED) is 0.828. The first-order chi connectivity index (χ1) is 7.66. The van der Waals surface area contributed by atoms with Crippen LogP contribution in [0.5, 0.6) is 0 Å². The van der Waals surface area contributed by atoms with Crippen LogP contribution < -0.4 is 5.32 Å². The normalized spacial score (nSPS) is 19.4. The monoisotopic (exact) mass is 222 g/mol. The molecule has 1 aromatic heterocycles. The van der Waals surface area contributed by atoms with Crippen LogP contribution in [-0.4, -0.2) is 11.5 Å². The van der Waals surface area contributed by atoms with E-state index >= 15 is 0 Å². The maximum absolute atomic E-state index is 12.7. The van der Waals surface area contributed by atoms with Gasteiger partial charge in [0, 0.05) is 6.04 Å². The Labute approximate surface area is 96.3 Å². The lowest BCUT2D eigenvalue weighted by atomic mass is 10.1. The van der Waals surface area contributed by atoms with E-state index in [9.17, 15) is 4.39 Å². The van der Waals surface area contributed by atoms with Gasteiger partial charge < -0.3 is 5.32 Å². The minimum absolute atomic E-state index is 0.196. The number of hydrogen-bond acceptors (Lipinski definition) is 2. The SMILES string of the molecule is CC(NCC(C)C1CC1)c1ccc(F)cn1. The van der Waals surface area contributed by atoms with Gasteiger partial charge in [-0.1, -0.05) is 6.92 Å². The molecule has 0 bridgehead atoms. The van der Waals surface area contributed by atoms with Crippen molar-refractivity contribution in [1.29, 1.82) is 0 Å². The van der Waals surface area contributed by atoms with Crippen molar-refractivity contribution in [1.82, 2.24) is 10.3 Å². The van der Waals surface area contributed by atoms with Gasteiger partial charge in [-0.2, -0.15) is 0 Å². The third-order valence-electron chi connectivity index (χ3n) is 3.37. The lowest BCUT2D eigenvalue weighted by Gasteiger charge is -2.17. The molecule has 16 heavy (non-hydrogen) atoms. The summed E-state index contributed by atoms with van der Waals surface area (Å²) in [6, 6.07) is 3.40. The van der Waals surface area contributed by atoms with Crippen LogP contribution >= 0.6 is 0 Å². The van der Waals surface area contributed by atoms with Crippen LogP contribution in [0.15, 0.2) is 18.3 Å². The third-order valence-corrected chi connectivity index (χ3v) is 3.37. The highest BCUT2D eigenvalue weighted by Crippen LogP contribution is 2.36. The van der Waals surface area contributed by atoms with Crippen LogP contribution in [0.4, 0.5) is 4.39 Å². The van der Waals surface area contributed by atoms with Crippen LogP contribution in [0.2, 0.25) is 0 Å². The van der Waals surface area contributed by atoms with Crippen molar-refractivity contribution in [2.24, 2.45) is 11.8 Å². The van der Waals surface area contributed by atoms with Crippen molar-refractivity contribution >= 4 is 0 Å². The van der Waals surface area contributed by atoms with E-state index in [1.54, 1.807) is 6.07 Å². The summed E-state index contributed by atoms with van der Waals surface area (Å²) in [6.45, 7) is 5.38. The number of rotatable bonds is 5. The van der Waals surface area contributed by atoms with Crippen LogP contribution in [0, 0.1) is 17.7 Å². The van der Waals surface area contributed by atoms with Gasteiger partial charge in [0.2, 0.25) is 0 Å². The standard InChI is InChI=1S/C13H19FN2/c1-9(11-3-4-11)7-15-10(2)13-6-5-12(14)8-16-13/h5-6,8-11,15H,3-4,7H2,1-2H3. The molecule has 2 nitrogen and oxygen atoms in total. The van der Waals surface area contributed by atoms with Crippen molar-refractivity contribution < 1.29 is 4.39 Å². The van der Waals surface area contributed by atoms with E-state index in [-0.39, 0.29) is 11.9 Å². The van der Waals surface area contributed by atoms with Crippen molar-refractivity contribution in [3.8, 4) is 0 Å². The van der Waals surface area contributed by atoms with E-state index < -0.39 is 0 Å². The molecular formula is C13H19FN2.